The van der Waals surface area contributed by atoms with Gasteiger partial charge in [0.1, 0.15) is 11.9 Å². The summed E-state index contributed by atoms with van der Waals surface area (Å²) < 4.78 is 11.8. The molecule has 1 aliphatic carbocycles. The molecule has 1 aromatic heterocycles. The number of carboxylic acids is 1. The van der Waals surface area contributed by atoms with E-state index in [1.54, 1.807) is 0 Å². The van der Waals surface area contributed by atoms with Crippen LogP contribution < -0.4 is 4.74 Å². The van der Waals surface area contributed by atoms with Crippen LogP contribution >= 0.6 is 0 Å². The number of ether oxygens (including phenoxy) is 2. The fourth-order valence-corrected chi connectivity index (χ4v) is 4.49. The first-order valence-electron chi connectivity index (χ1n) is 11.2. The molecule has 5 heteroatoms. The standard InChI is InChI=1S/C27H29NO4/c29-26(30)19-32-25-10-4-9-23-18-20(11-12-24(23)25)6-5-17-31-27(21-7-2-1-3-8-21)22-13-15-28-16-14-22/h1-4,7-10,13-16,20,27H,5-6,11-12,17-19H2,(H,29,30). The summed E-state index contributed by atoms with van der Waals surface area (Å²) in [6.07, 6.45) is 8.67. The molecule has 4 rings (SSSR count). The lowest BCUT2D eigenvalue weighted by molar-refractivity contribution is -0.139. The molecule has 5 nitrogen and oxygen atoms in total. The number of aliphatic carboxylic acids is 1. The largest absolute Gasteiger partial charge is 0.482 e. The summed E-state index contributed by atoms with van der Waals surface area (Å²) in [5.74, 6) is 0.378. The Morgan fingerprint density at radius 3 is 2.59 bits per heavy atom. The lowest BCUT2D eigenvalue weighted by atomic mass is 9.81. The number of fused-ring (bicyclic) bond motifs is 1. The van der Waals surface area contributed by atoms with Crippen LogP contribution in [0.25, 0.3) is 0 Å². The van der Waals surface area contributed by atoms with Crippen molar-refractivity contribution in [2.24, 2.45) is 5.92 Å². The minimum Gasteiger partial charge on any atom is -0.482 e. The summed E-state index contributed by atoms with van der Waals surface area (Å²) >= 11 is 0. The van der Waals surface area contributed by atoms with Crippen molar-refractivity contribution in [1.82, 2.24) is 4.98 Å². The predicted molar refractivity (Wildman–Crippen MR) is 123 cm³/mol. The van der Waals surface area contributed by atoms with E-state index in [1.807, 2.05) is 54.9 Å². The maximum Gasteiger partial charge on any atom is 0.341 e. The first-order chi connectivity index (χ1) is 15.7. The molecule has 0 radical (unpaired) electrons. The van der Waals surface area contributed by atoms with Crippen molar-refractivity contribution in [3.8, 4) is 5.75 Å². The number of benzene rings is 2. The minimum absolute atomic E-state index is 0.0831. The summed E-state index contributed by atoms with van der Waals surface area (Å²) in [5.41, 5.74) is 4.72. The first-order valence-corrected chi connectivity index (χ1v) is 11.2. The van der Waals surface area contributed by atoms with Gasteiger partial charge in [-0.15, -0.1) is 0 Å². The number of rotatable bonds is 10. The zero-order valence-electron chi connectivity index (χ0n) is 18.2. The molecular formula is C27H29NO4. The van der Waals surface area contributed by atoms with E-state index in [0.717, 1.165) is 49.0 Å². The van der Waals surface area contributed by atoms with Gasteiger partial charge in [-0.05, 0) is 78.5 Å². The topological polar surface area (TPSA) is 68.7 Å². The Hall–Kier alpha value is -3.18. The zero-order chi connectivity index (χ0) is 22.2. The molecule has 0 saturated carbocycles. The van der Waals surface area contributed by atoms with Crippen LogP contribution in [0.15, 0.2) is 73.1 Å². The molecule has 0 amide bonds. The van der Waals surface area contributed by atoms with Gasteiger partial charge < -0.3 is 14.6 Å². The maximum atomic E-state index is 10.8. The van der Waals surface area contributed by atoms with E-state index in [-0.39, 0.29) is 12.7 Å². The Morgan fingerprint density at radius 2 is 1.81 bits per heavy atom. The highest BCUT2D eigenvalue weighted by Crippen LogP contribution is 2.34. The predicted octanol–water partition coefficient (Wildman–Crippen LogP) is 5.24. The van der Waals surface area contributed by atoms with E-state index in [0.29, 0.717) is 12.5 Å². The average Bonchev–Trinajstić information content (AvgIpc) is 2.83. The van der Waals surface area contributed by atoms with Crippen molar-refractivity contribution in [1.29, 1.82) is 0 Å². The number of carbonyl (C=O) groups is 1. The normalized spacial score (nSPS) is 16.2. The van der Waals surface area contributed by atoms with Gasteiger partial charge in [-0.2, -0.15) is 0 Å². The van der Waals surface area contributed by atoms with E-state index in [2.05, 4.69) is 23.2 Å². The lowest BCUT2D eigenvalue weighted by Gasteiger charge is -2.26. The van der Waals surface area contributed by atoms with Crippen molar-refractivity contribution in [3.63, 3.8) is 0 Å². The second kappa shape index (κ2) is 10.9. The Bertz CT molecular complexity index is 967. The van der Waals surface area contributed by atoms with E-state index in [1.165, 1.54) is 11.1 Å². The molecular weight excluding hydrogens is 402 g/mol. The Kier molecular flexibility index (Phi) is 7.51. The van der Waals surface area contributed by atoms with Gasteiger partial charge in [-0.3, -0.25) is 4.98 Å². The Labute approximate surface area is 189 Å². The lowest BCUT2D eigenvalue weighted by Crippen LogP contribution is -2.17. The average molecular weight is 432 g/mol. The molecule has 1 heterocycles. The second-order valence-corrected chi connectivity index (χ2v) is 8.27. The number of carboxylic acid groups (broad SMARTS) is 1. The fraction of sp³-hybridized carbons (Fsp3) is 0.333. The van der Waals surface area contributed by atoms with Crippen molar-refractivity contribution < 1.29 is 19.4 Å². The number of pyridine rings is 1. The molecule has 166 valence electrons. The van der Waals surface area contributed by atoms with Gasteiger partial charge in [0.2, 0.25) is 0 Å². The van der Waals surface area contributed by atoms with Gasteiger partial charge >= 0.3 is 5.97 Å². The third-order valence-electron chi connectivity index (χ3n) is 6.04. The smallest absolute Gasteiger partial charge is 0.341 e. The zero-order valence-corrected chi connectivity index (χ0v) is 18.2. The number of hydrogen-bond donors (Lipinski definition) is 1. The second-order valence-electron chi connectivity index (χ2n) is 8.27. The van der Waals surface area contributed by atoms with Gasteiger partial charge in [0.25, 0.3) is 0 Å². The molecule has 2 unspecified atom stereocenters. The van der Waals surface area contributed by atoms with E-state index < -0.39 is 5.97 Å². The third-order valence-corrected chi connectivity index (χ3v) is 6.04. The molecule has 2 atom stereocenters. The minimum atomic E-state index is -0.947. The summed E-state index contributed by atoms with van der Waals surface area (Å²) in [6.45, 7) is 0.407. The van der Waals surface area contributed by atoms with Crippen LogP contribution in [0.3, 0.4) is 0 Å². The molecule has 0 spiro atoms. The van der Waals surface area contributed by atoms with Crippen molar-refractivity contribution in [2.75, 3.05) is 13.2 Å². The highest BCUT2D eigenvalue weighted by Gasteiger charge is 2.22. The van der Waals surface area contributed by atoms with E-state index in [9.17, 15) is 4.79 Å². The number of aromatic nitrogens is 1. The summed E-state index contributed by atoms with van der Waals surface area (Å²) in [6, 6.07) is 20.3. The SMILES string of the molecule is O=C(O)COc1cccc2c1CCC(CCCOC(c1ccccc1)c1ccncc1)C2. The van der Waals surface area contributed by atoms with Crippen LogP contribution in [0.2, 0.25) is 0 Å². The highest BCUT2D eigenvalue weighted by atomic mass is 16.5. The molecule has 0 bridgehead atoms. The van der Waals surface area contributed by atoms with E-state index in [4.69, 9.17) is 14.6 Å². The third kappa shape index (κ3) is 5.74. The Morgan fingerprint density at radius 1 is 1.03 bits per heavy atom. The summed E-state index contributed by atoms with van der Waals surface area (Å²) in [7, 11) is 0. The molecule has 0 aliphatic heterocycles. The van der Waals surface area contributed by atoms with Crippen LogP contribution in [-0.2, 0) is 22.4 Å². The van der Waals surface area contributed by atoms with Gasteiger partial charge in [0.05, 0.1) is 0 Å². The van der Waals surface area contributed by atoms with Crippen molar-refractivity contribution in [2.45, 2.75) is 38.2 Å². The molecule has 0 fully saturated rings. The summed E-state index contributed by atoms with van der Waals surface area (Å²) in [4.78, 5) is 15.0. The molecule has 2 aromatic carbocycles. The monoisotopic (exact) mass is 431 g/mol. The van der Waals surface area contributed by atoms with E-state index >= 15 is 0 Å². The highest BCUT2D eigenvalue weighted by molar-refractivity contribution is 5.68. The molecule has 3 aromatic rings. The van der Waals surface area contributed by atoms with Crippen LogP contribution in [0.1, 0.15) is 47.6 Å². The van der Waals surface area contributed by atoms with Crippen LogP contribution in [-0.4, -0.2) is 29.3 Å². The van der Waals surface area contributed by atoms with Crippen LogP contribution in [0.4, 0.5) is 0 Å². The molecule has 32 heavy (non-hydrogen) atoms. The van der Waals surface area contributed by atoms with Gasteiger partial charge in [-0.1, -0.05) is 42.5 Å². The van der Waals surface area contributed by atoms with Gasteiger partial charge in [0.15, 0.2) is 6.61 Å². The Balaban J connectivity index is 1.31. The van der Waals surface area contributed by atoms with Crippen molar-refractivity contribution in [3.05, 3.63) is 95.3 Å². The first kappa shape index (κ1) is 22.0. The molecule has 1 N–H and O–H groups in total. The van der Waals surface area contributed by atoms with Crippen molar-refractivity contribution >= 4 is 5.97 Å². The summed E-state index contributed by atoms with van der Waals surface area (Å²) in [5, 5.41) is 8.89. The molecule has 0 saturated heterocycles. The van der Waals surface area contributed by atoms with Crippen LogP contribution in [0.5, 0.6) is 5.75 Å². The van der Waals surface area contributed by atoms with Gasteiger partial charge in [-0.25, -0.2) is 4.79 Å². The molecule has 1 aliphatic rings. The quantitative estimate of drug-likeness (QED) is 0.445. The maximum absolute atomic E-state index is 10.8. The number of hydrogen-bond acceptors (Lipinski definition) is 4. The van der Waals surface area contributed by atoms with Gasteiger partial charge in [0, 0.05) is 19.0 Å². The number of nitrogens with zero attached hydrogens (tertiary/aromatic N) is 1. The fourth-order valence-electron chi connectivity index (χ4n) is 4.49. The van der Waals surface area contributed by atoms with Crippen LogP contribution in [0, 0.1) is 5.92 Å².